The van der Waals surface area contributed by atoms with Gasteiger partial charge < -0.3 is 4.42 Å². The number of nitrogens with zero attached hydrogens (tertiary/aromatic N) is 3. The van der Waals surface area contributed by atoms with Crippen molar-refractivity contribution in [1.82, 2.24) is 9.55 Å². The number of hydrogen-bond donors (Lipinski definition) is 0. The second-order valence-electron chi connectivity index (χ2n) is 8.77. The summed E-state index contributed by atoms with van der Waals surface area (Å²) in [6, 6.07) is 31.7. The fourth-order valence-corrected chi connectivity index (χ4v) is 5.28. The van der Waals surface area contributed by atoms with Crippen LogP contribution in [0.4, 0.5) is 0 Å². The summed E-state index contributed by atoms with van der Waals surface area (Å²) in [5.74, 6) is 0.893. The maximum absolute atomic E-state index is 6.42. The molecule has 0 unspecified atom stereocenters. The van der Waals surface area contributed by atoms with E-state index in [4.69, 9.17) is 9.40 Å². The average Bonchev–Trinajstić information content (AvgIpc) is 3.40. The first-order valence-corrected chi connectivity index (χ1v) is 11.5. The lowest BCUT2D eigenvalue weighted by molar-refractivity contribution is -0.634. The van der Waals surface area contributed by atoms with E-state index in [0.29, 0.717) is 0 Å². The highest BCUT2D eigenvalue weighted by Crippen LogP contribution is 2.37. The lowest BCUT2D eigenvalue weighted by Crippen LogP contribution is -2.32. The normalized spacial score (nSPS) is 11.8. The van der Waals surface area contributed by atoms with Crippen LogP contribution in [0.25, 0.3) is 61.0 Å². The van der Waals surface area contributed by atoms with Gasteiger partial charge in [-0.05, 0) is 37.3 Å². The molecule has 0 aliphatic carbocycles. The number of fused-ring (bicyclic) bond motifs is 5. The molecule has 7 rings (SSSR count). The van der Waals surface area contributed by atoms with Gasteiger partial charge in [0.15, 0.2) is 0 Å². The third kappa shape index (κ3) is 2.54. The number of para-hydroxylation sites is 3. The van der Waals surface area contributed by atoms with E-state index in [1.165, 1.54) is 5.39 Å². The van der Waals surface area contributed by atoms with Crippen molar-refractivity contribution in [2.75, 3.05) is 0 Å². The second kappa shape index (κ2) is 7.03. The molecule has 34 heavy (non-hydrogen) atoms. The Balaban J connectivity index is 1.65. The summed E-state index contributed by atoms with van der Waals surface area (Å²) in [5, 5.41) is 4.66. The van der Waals surface area contributed by atoms with Gasteiger partial charge in [0.2, 0.25) is 11.3 Å². The smallest absolute Gasteiger partial charge is 0.250 e. The van der Waals surface area contributed by atoms with Gasteiger partial charge in [0.1, 0.15) is 18.3 Å². The Labute approximate surface area is 196 Å². The number of aromatic nitrogens is 3. The molecule has 4 heteroatoms. The zero-order valence-electron chi connectivity index (χ0n) is 19.0. The van der Waals surface area contributed by atoms with Gasteiger partial charge in [-0.2, -0.15) is 4.57 Å². The average molecular weight is 441 g/mol. The van der Waals surface area contributed by atoms with Crippen molar-refractivity contribution in [3.8, 4) is 17.1 Å². The highest BCUT2D eigenvalue weighted by atomic mass is 16.3. The van der Waals surface area contributed by atoms with Crippen molar-refractivity contribution >= 4 is 43.8 Å². The molecule has 0 saturated carbocycles. The first kappa shape index (κ1) is 19.1. The van der Waals surface area contributed by atoms with E-state index in [0.717, 1.165) is 61.1 Å². The summed E-state index contributed by atoms with van der Waals surface area (Å²) in [7, 11) is 2.11. The standard InChI is InChI=1S/C30H22N3O/c1-19-20-10-5-8-16-28(20)34-29(19)27-18-26(23-12-4-6-14-24(23)32(27)2)33-25-15-7-3-11-21(25)22-13-9-17-31-30(22)33/h3-18H,1-2H3/q+1. The first-order chi connectivity index (χ1) is 16.7. The minimum atomic E-state index is 0.893. The third-order valence-electron chi connectivity index (χ3n) is 6.93. The molecule has 0 saturated heterocycles. The number of hydrogen-bond acceptors (Lipinski definition) is 2. The molecule has 4 aromatic heterocycles. The van der Waals surface area contributed by atoms with E-state index in [1.54, 1.807) is 0 Å². The van der Waals surface area contributed by atoms with Crippen LogP contribution in [0.5, 0.6) is 0 Å². The van der Waals surface area contributed by atoms with Gasteiger partial charge in [-0.15, -0.1) is 0 Å². The summed E-state index contributed by atoms with van der Waals surface area (Å²) < 4.78 is 10.9. The summed E-state index contributed by atoms with van der Waals surface area (Å²) in [6.07, 6.45) is 1.87. The molecule has 7 aromatic rings. The van der Waals surface area contributed by atoms with Gasteiger partial charge >= 0.3 is 0 Å². The minimum absolute atomic E-state index is 0.893. The molecule has 0 N–H and O–H groups in total. The number of furan rings is 1. The minimum Gasteiger partial charge on any atom is -0.449 e. The van der Waals surface area contributed by atoms with Crippen LogP contribution in [0.2, 0.25) is 0 Å². The molecule has 0 radical (unpaired) electrons. The van der Waals surface area contributed by atoms with Gasteiger partial charge in [0.05, 0.1) is 16.6 Å². The molecular weight excluding hydrogens is 418 g/mol. The molecule has 0 spiro atoms. The van der Waals surface area contributed by atoms with Gasteiger partial charge in [0, 0.05) is 40.1 Å². The lowest BCUT2D eigenvalue weighted by atomic mass is 10.1. The van der Waals surface area contributed by atoms with Crippen LogP contribution < -0.4 is 4.57 Å². The molecule has 4 nitrogen and oxygen atoms in total. The van der Waals surface area contributed by atoms with Crippen LogP contribution in [0.1, 0.15) is 5.56 Å². The Kier molecular flexibility index (Phi) is 3.94. The molecule has 0 fully saturated rings. The summed E-state index contributed by atoms with van der Waals surface area (Å²) in [4.78, 5) is 4.81. The van der Waals surface area contributed by atoms with Crippen LogP contribution in [0, 0.1) is 6.92 Å². The second-order valence-corrected chi connectivity index (χ2v) is 8.77. The molecule has 0 aliphatic rings. The maximum atomic E-state index is 6.42. The largest absolute Gasteiger partial charge is 0.449 e. The number of rotatable bonds is 2. The predicted molar refractivity (Wildman–Crippen MR) is 137 cm³/mol. The molecule has 4 heterocycles. The van der Waals surface area contributed by atoms with Crippen LogP contribution in [0.15, 0.2) is 102 Å². The van der Waals surface area contributed by atoms with Crippen LogP contribution in [0.3, 0.4) is 0 Å². The Morgan fingerprint density at radius 1 is 0.765 bits per heavy atom. The fourth-order valence-electron chi connectivity index (χ4n) is 5.28. The van der Waals surface area contributed by atoms with Crippen molar-refractivity contribution in [2.24, 2.45) is 7.05 Å². The monoisotopic (exact) mass is 440 g/mol. The molecule has 0 atom stereocenters. The SMILES string of the molecule is Cc1c(-c2cc(-n3c4ccccc4c4cccnc43)c3ccccc3[n+]2C)oc2ccccc12. The van der Waals surface area contributed by atoms with Crippen molar-refractivity contribution in [3.63, 3.8) is 0 Å². The van der Waals surface area contributed by atoms with Gasteiger partial charge in [0.25, 0.3) is 5.69 Å². The van der Waals surface area contributed by atoms with E-state index >= 15 is 0 Å². The van der Waals surface area contributed by atoms with E-state index in [-0.39, 0.29) is 0 Å². The predicted octanol–water partition coefficient (Wildman–Crippen LogP) is 6.88. The highest BCUT2D eigenvalue weighted by molar-refractivity contribution is 6.09. The zero-order chi connectivity index (χ0) is 22.8. The summed E-state index contributed by atoms with van der Waals surface area (Å²) in [6.45, 7) is 2.14. The van der Waals surface area contributed by atoms with E-state index in [1.807, 2.05) is 24.4 Å². The molecule has 0 bridgehead atoms. The third-order valence-corrected chi connectivity index (χ3v) is 6.93. The van der Waals surface area contributed by atoms with Gasteiger partial charge in [-0.1, -0.05) is 48.5 Å². The zero-order valence-corrected chi connectivity index (χ0v) is 19.0. The van der Waals surface area contributed by atoms with Crippen molar-refractivity contribution in [3.05, 3.63) is 103 Å². The summed E-state index contributed by atoms with van der Waals surface area (Å²) in [5.41, 5.74) is 7.41. The van der Waals surface area contributed by atoms with Crippen molar-refractivity contribution in [1.29, 1.82) is 0 Å². The Morgan fingerprint density at radius 2 is 1.47 bits per heavy atom. The number of aryl methyl sites for hydroxylation is 2. The Hall–Kier alpha value is -4.44. The van der Waals surface area contributed by atoms with Crippen LogP contribution in [-0.2, 0) is 7.05 Å². The topological polar surface area (TPSA) is 34.8 Å². The Morgan fingerprint density at radius 3 is 2.32 bits per heavy atom. The van der Waals surface area contributed by atoms with Crippen molar-refractivity contribution < 1.29 is 8.98 Å². The van der Waals surface area contributed by atoms with Crippen molar-refractivity contribution in [2.45, 2.75) is 6.92 Å². The molecule has 0 amide bonds. The quantitative estimate of drug-likeness (QED) is 0.275. The molecule has 3 aromatic carbocycles. The van der Waals surface area contributed by atoms with E-state index < -0.39 is 0 Å². The molecular formula is C30H22N3O+. The van der Waals surface area contributed by atoms with Gasteiger partial charge in [-0.3, -0.25) is 4.57 Å². The van der Waals surface area contributed by atoms with E-state index in [2.05, 4.69) is 95.9 Å². The van der Waals surface area contributed by atoms with Crippen LogP contribution >= 0.6 is 0 Å². The number of benzene rings is 3. The molecule has 162 valence electrons. The maximum Gasteiger partial charge on any atom is 0.250 e. The summed E-state index contributed by atoms with van der Waals surface area (Å²) >= 11 is 0. The fraction of sp³-hybridized carbons (Fsp3) is 0.0667. The molecule has 0 aliphatic heterocycles. The Bertz CT molecular complexity index is 1840. The lowest BCUT2D eigenvalue weighted by Gasteiger charge is -2.12. The number of pyridine rings is 2. The van der Waals surface area contributed by atoms with Gasteiger partial charge in [-0.25, -0.2) is 4.98 Å². The van der Waals surface area contributed by atoms with E-state index in [9.17, 15) is 0 Å². The van der Waals surface area contributed by atoms with Crippen LogP contribution in [-0.4, -0.2) is 9.55 Å². The first-order valence-electron chi connectivity index (χ1n) is 11.5. The highest BCUT2D eigenvalue weighted by Gasteiger charge is 2.25.